The van der Waals surface area contributed by atoms with E-state index in [4.69, 9.17) is 0 Å². The summed E-state index contributed by atoms with van der Waals surface area (Å²) in [4.78, 5) is 0. The van der Waals surface area contributed by atoms with Crippen molar-refractivity contribution in [1.82, 2.24) is 0 Å². The van der Waals surface area contributed by atoms with E-state index in [1.54, 1.807) is 0 Å². The van der Waals surface area contributed by atoms with Crippen molar-refractivity contribution >= 4 is 41.4 Å². The van der Waals surface area contributed by atoms with E-state index < -0.39 is 0 Å². The van der Waals surface area contributed by atoms with Crippen molar-refractivity contribution in [1.29, 1.82) is 0 Å². The van der Waals surface area contributed by atoms with Gasteiger partial charge >= 0.3 is 26.2 Å². The maximum absolute atomic E-state index is 2.39. The summed E-state index contributed by atoms with van der Waals surface area (Å²) in [6, 6.07) is 39.8. The first kappa shape index (κ1) is 43.2. The van der Waals surface area contributed by atoms with Crippen molar-refractivity contribution in [2.45, 2.75) is 92.9 Å². The van der Waals surface area contributed by atoms with Gasteiger partial charge in [-0.05, 0) is 23.7 Å². The normalized spacial score (nSPS) is 10.6. The first-order valence-electron chi connectivity index (χ1n) is 16.7. The Morgan fingerprint density at radius 1 is 0.458 bits per heavy atom. The number of hydrogen-bond acceptors (Lipinski definition) is 0. The van der Waals surface area contributed by atoms with Gasteiger partial charge in [-0.15, -0.1) is 56.9 Å². The van der Waals surface area contributed by atoms with Gasteiger partial charge < -0.3 is 14.9 Å². The van der Waals surface area contributed by atoms with Crippen molar-refractivity contribution < 1.29 is 26.2 Å². The molecule has 48 heavy (non-hydrogen) atoms. The monoisotopic (exact) mass is 728 g/mol. The molecule has 0 nitrogen and oxygen atoms in total. The molecule has 2 radical (unpaired) electrons. The van der Waals surface area contributed by atoms with Gasteiger partial charge in [0.2, 0.25) is 0 Å². The van der Waals surface area contributed by atoms with Crippen LogP contribution in [0.5, 0.6) is 0 Å². The van der Waals surface area contributed by atoms with Crippen molar-refractivity contribution in [3.05, 3.63) is 157 Å². The number of benzene rings is 4. The molecule has 0 bridgehead atoms. The zero-order valence-electron chi connectivity index (χ0n) is 31.7. The second kappa shape index (κ2) is 20.0. The van der Waals surface area contributed by atoms with E-state index in [1.807, 2.05) is 0 Å². The average Bonchev–Trinajstić information content (AvgIpc) is 3.58. The Kier molecular flexibility index (Phi) is 18.0. The fourth-order valence-corrected chi connectivity index (χ4v) is 6.93. The molecular weight excluding hydrogens is 672 g/mol. The molecule has 0 heterocycles. The summed E-state index contributed by atoms with van der Waals surface area (Å²) in [5, 5.41) is 8.50. The van der Waals surface area contributed by atoms with Crippen molar-refractivity contribution in [2.75, 3.05) is 0 Å². The van der Waals surface area contributed by atoms with Gasteiger partial charge in [0.25, 0.3) is 0 Å². The van der Waals surface area contributed by atoms with Crippen LogP contribution in [0.1, 0.15) is 112 Å². The molecule has 0 atom stereocenters. The Labute approximate surface area is 316 Å². The first-order chi connectivity index (χ1) is 21.4. The molecule has 0 N–H and O–H groups in total. The van der Waals surface area contributed by atoms with Crippen LogP contribution in [-0.4, -0.2) is 9.52 Å². The molecule has 0 spiro atoms. The van der Waals surface area contributed by atoms with E-state index in [9.17, 15) is 0 Å². The number of hydrogen-bond donors (Lipinski definition) is 0. The fraction of sp³-hybridized carbons (Fsp3) is 0.304. The summed E-state index contributed by atoms with van der Waals surface area (Å²) < 4.78 is 0. The predicted molar refractivity (Wildman–Crippen MR) is 216 cm³/mol. The maximum atomic E-state index is 2.39. The van der Waals surface area contributed by atoms with Crippen LogP contribution in [0.2, 0.25) is 0 Å². The van der Waals surface area contributed by atoms with Gasteiger partial charge in [-0.1, -0.05) is 175 Å². The van der Waals surface area contributed by atoms with Crippen LogP contribution in [0.4, 0.5) is 0 Å². The molecule has 6 aromatic carbocycles. The van der Waals surface area contributed by atoms with Crippen LogP contribution in [0, 0.1) is 28.7 Å². The summed E-state index contributed by atoms with van der Waals surface area (Å²) in [6.45, 7) is 22.5. The summed E-state index contributed by atoms with van der Waals surface area (Å²) >= 11 is 0. The van der Waals surface area contributed by atoms with Gasteiger partial charge in [0.15, 0.2) is 0 Å². The van der Waals surface area contributed by atoms with E-state index >= 15 is 0 Å². The smallest absolute Gasteiger partial charge is 0.358 e. The molecule has 0 aliphatic heterocycles. The van der Waals surface area contributed by atoms with Gasteiger partial charge in [0.1, 0.15) is 9.52 Å². The maximum Gasteiger partial charge on any atom is 4.00 e. The average molecular weight is 730 g/mol. The molecule has 6 rings (SSSR count). The summed E-state index contributed by atoms with van der Waals surface area (Å²) in [7, 11) is 0.777. The van der Waals surface area contributed by atoms with E-state index in [1.165, 1.54) is 65.3 Å². The third-order valence-corrected chi connectivity index (χ3v) is 9.70. The molecule has 0 saturated heterocycles. The van der Waals surface area contributed by atoms with Crippen LogP contribution in [0.25, 0.3) is 21.5 Å². The van der Waals surface area contributed by atoms with Crippen molar-refractivity contribution in [2.24, 2.45) is 0 Å². The molecule has 250 valence electrons. The van der Waals surface area contributed by atoms with E-state index in [-0.39, 0.29) is 41.1 Å². The minimum absolute atomic E-state index is 0. The van der Waals surface area contributed by atoms with E-state index in [2.05, 4.69) is 178 Å². The molecule has 0 aliphatic rings. The molecule has 0 fully saturated rings. The Balaban J connectivity index is 0.000000351. The Hall–Kier alpha value is -2.80. The molecule has 0 unspecified atom stereocenters. The zero-order chi connectivity index (χ0) is 32.7. The van der Waals surface area contributed by atoms with Gasteiger partial charge in [-0.2, -0.15) is 12.1 Å². The van der Waals surface area contributed by atoms with Crippen molar-refractivity contribution in [3.63, 3.8) is 0 Å². The largest absolute Gasteiger partial charge is 4.00 e. The van der Waals surface area contributed by atoms with Crippen LogP contribution < -0.4 is 10.4 Å². The third kappa shape index (κ3) is 11.7. The van der Waals surface area contributed by atoms with Gasteiger partial charge in [-0.3, -0.25) is 0 Å². The van der Waals surface area contributed by atoms with Gasteiger partial charge in [-0.25, -0.2) is 0 Å². The second-order valence-corrected chi connectivity index (χ2v) is 15.2. The van der Waals surface area contributed by atoms with E-state index in [0.29, 0.717) is 23.7 Å². The molecular formula is C46H58SiZr. The Bertz CT molecular complexity index is 1650. The van der Waals surface area contributed by atoms with Crippen LogP contribution in [-0.2, 0) is 26.2 Å². The predicted octanol–water partition coefficient (Wildman–Crippen LogP) is 12.5. The first-order valence-corrected chi connectivity index (χ1v) is 17.7. The summed E-state index contributed by atoms with van der Waals surface area (Å²) in [5.74, 6) is 2.42. The topological polar surface area (TPSA) is 0 Å². The Morgan fingerprint density at radius 3 is 1.08 bits per heavy atom. The number of aryl methyl sites for hydroxylation is 2. The van der Waals surface area contributed by atoms with Gasteiger partial charge in [0, 0.05) is 0 Å². The fourth-order valence-electron chi connectivity index (χ4n) is 5.88. The van der Waals surface area contributed by atoms with E-state index in [0.717, 1.165) is 9.52 Å². The summed E-state index contributed by atoms with van der Waals surface area (Å²) in [5.41, 5.74) is 8.66. The van der Waals surface area contributed by atoms with Crippen LogP contribution >= 0.6 is 0 Å². The number of rotatable bonds is 6. The van der Waals surface area contributed by atoms with Crippen LogP contribution in [0.15, 0.2) is 109 Å². The molecule has 0 amide bonds. The molecule has 0 aliphatic carbocycles. The van der Waals surface area contributed by atoms with Crippen LogP contribution in [0.3, 0.4) is 0 Å². The number of fused-ring (bicyclic) bond motifs is 2. The summed E-state index contributed by atoms with van der Waals surface area (Å²) in [6.07, 6.45) is 0. The standard InChI is InChI=1S/2C16H21.C12H10Si.2CH3.Zr/c2*1-10(2)13-8-14-6-12(5)7-16(14)15(9-13)11(3)4;1-3-7-11(8-4-1)13-12-9-5-2-6-10-12;;;/h2*6-11H,1-5H3;1-10H;2*1H3;/q2*-1;;2*-1;+4. The molecule has 2 heteroatoms. The zero-order valence-corrected chi connectivity index (χ0v) is 35.2. The van der Waals surface area contributed by atoms with Crippen molar-refractivity contribution in [3.8, 4) is 0 Å². The molecule has 0 saturated carbocycles. The molecule has 0 aromatic heterocycles. The third-order valence-electron chi connectivity index (χ3n) is 8.46. The quantitative estimate of drug-likeness (QED) is 0.118. The second-order valence-electron chi connectivity index (χ2n) is 13.8. The minimum Gasteiger partial charge on any atom is -0.358 e. The SMILES string of the molecule is Cc1cc2c(C(C)C)cc(C(C)C)cc2[cH-]1.Cc1cc2c(C(C)C)cc(C(C)C)cc2[cH-]1.[CH3-].[CH3-].[Zr+4].c1ccc([Si]c2ccccc2)cc1. The minimum atomic E-state index is 0. The van der Waals surface area contributed by atoms with Gasteiger partial charge in [0.05, 0.1) is 0 Å². The Morgan fingerprint density at radius 2 is 0.792 bits per heavy atom. The molecule has 6 aromatic rings.